The lowest BCUT2D eigenvalue weighted by molar-refractivity contribution is -0.384. The average Bonchev–Trinajstić information content (AvgIpc) is 3.21. The second-order valence-corrected chi connectivity index (χ2v) is 9.58. The number of carbonyl (C=O) groups excluding carboxylic acids is 2. The minimum atomic E-state index is -0.448. The van der Waals surface area contributed by atoms with Crippen molar-refractivity contribution in [2.24, 2.45) is 0 Å². The maximum atomic E-state index is 13.2. The zero-order valence-corrected chi connectivity index (χ0v) is 18.7. The number of thioether (sulfide) groups is 1. The van der Waals surface area contributed by atoms with Crippen molar-refractivity contribution < 1.29 is 14.5 Å². The summed E-state index contributed by atoms with van der Waals surface area (Å²) in [5.41, 5.74) is 2.59. The molecular weight excluding hydrogens is 426 g/mol. The molecule has 4 rings (SSSR count). The van der Waals surface area contributed by atoms with Crippen LogP contribution >= 0.6 is 11.8 Å². The summed E-state index contributed by atoms with van der Waals surface area (Å²) in [5, 5.41) is 10.8. The molecule has 0 unspecified atom stereocenters. The van der Waals surface area contributed by atoms with E-state index < -0.39 is 4.92 Å². The summed E-state index contributed by atoms with van der Waals surface area (Å²) >= 11 is 1.82. The van der Waals surface area contributed by atoms with Crippen molar-refractivity contribution in [2.45, 2.75) is 24.6 Å². The predicted octanol–water partition coefficient (Wildman–Crippen LogP) is 4.12. The van der Waals surface area contributed by atoms with E-state index in [-0.39, 0.29) is 22.4 Å². The van der Waals surface area contributed by atoms with Crippen LogP contribution in [0.2, 0.25) is 0 Å². The van der Waals surface area contributed by atoms with Crippen molar-refractivity contribution in [1.29, 1.82) is 0 Å². The standard InChI is InChI=1S/C24H25N3O4S/c1-18-2-7-20(8-3-18)23(29)26-16-17-32-24(26)12-14-25(15-13-24)22(28)11-6-19-4-9-21(10-5-19)27(30)31/h2-11H,12-17H2,1H3/b11-6+. The van der Waals surface area contributed by atoms with E-state index in [0.29, 0.717) is 18.7 Å². The van der Waals surface area contributed by atoms with Crippen LogP contribution in [0.25, 0.3) is 6.08 Å². The van der Waals surface area contributed by atoms with Gasteiger partial charge in [0.1, 0.15) is 0 Å². The number of hydrogen-bond donors (Lipinski definition) is 0. The molecule has 2 aliphatic heterocycles. The van der Waals surface area contributed by atoms with Gasteiger partial charge in [-0.25, -0.2) is 0 Å². The molecule has 0 N–H and O–H groups in total. The van der Waals surface area contributed by atoms with Crippen molar-refractivity contribution in [3.8, 4) is 0 Å². The highest BCUT2D eigenvalue weighted by Gasteiger charge is 2.46. The summed E-state index contributed by atoms with van der Waals surface area (Å²) in [6, 6.07) is 13.8. The van der Waals surface area contributed by atoms with Crippen LogP contribution in [0.4, 0.5) is 5.69 Å². The topological polar surface area (TPSA) is 83.8 Å². The van der Waals surface area contributed by atoms with Crippen molar-refractivity contribution in [2.75, 3.05) is 25.4 Å². The first-order valence-electron chi connectivity index (χ1n) is 10.6. The Kier molecular flexibility index (Phi) is 6.32. The number of benzene rings is 2. The van der Waals surface area contributed by atoms with Crippen LogP contribution in [0.1, 0.15) is 34.3 Å². The summed E-state index contributed by atoms with van der Waals surface area (Å²) in [6.07, 6.45) is 4.67. The molecule has 0 bridgehead atoms. The van der Waals surface area contributed by atoms with Crippen LogP contribution < -0.4 is 0 Å². The number of nitro groups is 1. The predicted molar refractivity (Wildman–Crippen MR) is 125 cm³/mol. The summed E-state index contributed by atoms with van der Waals surface area (Å²) in [7, 11) is 0. The molecule has 2 amide bonds. The molecule has 2 saturated heterocycles. The van der Waals surface area contributed by atoms with Crippen LogP contribution in [0.3, 0.4) is 0 Å². The molecule has 2 fully saturated rings. The summed E-state index contributed by atoms with van der Waals surface area (Å²) in [5.74, 6) is 0.886. The maximum Gasteiger partial charge on any atom is 0.269 e. The SMILES string of the molecule is Cc1ccc(C(=O)N2CCSC23CCN(C(=O)/C=C/c2ccc([N+](=O)[O-])cc2)CC3)cc1. The Morgan fingerprint density at radius 2 is 1.69 bits per heavy atom. The minimum Gasteiger partial charge on any atom is -0.339 e. The van der Waals surface area contributed by atoms with Gasteiger partial charge in [0, 0.05) is 49.2 Å². The van der Waals surface area contributed by atoms with Gasteiger partial charge in [0.15, 0.2) is 0 Å². The van der Waals surface area contributed by atoms with Gasteiger partial charge in [-0.2, -0.15) is 0 Å². The molecule has 1 spiro atoms. The van der Waals surface area contributed by atoms with Crippen LogP contribution in [0.5, 0.6) is 0 Å². The molecule has 2 heterocycles. The number of non-ortho nitro benzene ring substituents is 1. The normalized spacial score (nSPS) is 17.8. The lowest BCUT2D eigenvalue weighted by Crippen LogP contribution is -2.53. The molecule has 0 aromatic heterocycles. The van der Waals surface area contributed by atoms with Crippen LogP contribution in [-0.4, -0.2) is 56.8 Å². The first-order chi connectivity index (χ1) is 15.4. The van der Waals surface area contributed by atoms with Gasteiger partial charge in [0.25, 0.3) is 11.6 Å². The molecule has 0 radical (unpaired) electrons. The second kappa shape index (κ2) is 9.16. The number of aryl methyl sites for hydroxylation is 1. The number of rotatable bonds is 4. The van der Waals surface area contributed by atoms with Gasteiger partial charge >= 0.3 is 0 Å². The first-order valence-corrected chi connectivity index (χ1v) is 11.6. The highest BCUT2D eigenvalue weighted by atomic mass is 32.2. The molecule has 2 aromatic rings. The zero-order chi connectivity index (χ0) is 22.7. The Bertz CT molecular complexity index is 1040. The molecule has 0 saturated carbocycles. The van der Waals surface area contributed by atoms with E-state index in [1.807, 2.05) is 47.9 Å². The van der Waals surface area contributed by atoms with Crippen LogP contribution in [0.15, 0.2) is 54.6 Å². The number of nitrogens with zero attached hydrogens (tertiary/aromatic N) is 3. The van der Waals surface area contributed by atoms with E-state index in [4.69, 9.17) is 0 Å². The fourth-order valence-corrected chi connectivity index (χ4v) is 5.67. The lowest BCUT2D eigenvalue weighted by Gasteiger charge is -2.44. The van der Waals surface area contributed by atoms with Gasteiger partial charge in [-0.3, -0.25) is 19.7 Å². The summed E-state index contributed by atoms with van der Waals surface area (Å²) in [4.78, 5) is 39.7. The fraction of sp³-hybridized carbons (Fsp3) is 0.333. The van der Waals surface area contributed by atoms with Crippen molar-refractivity contribution in [3.05, 3.63) is 81.4 Å². The van der Waals surface area contributed by atoms with E-state index in [2.05, 4.69) is 0 Å². The summed E-state index contributed by atoms with van der Waals surface area (Å²) in [6.45, 7) is 3.91. The molecule has 0 aliphatic carbocycles. The number of carbonyl (C=O) groups is 2. The molecule has 32 heavy (non-hydrogen) atoms. The number of nitro benzene ring substituents is 1. The van der Waals surface area contributed by atoms with E-state index in [9.17, 15) is 19.7 Å². The lowest BCUT2D eigenvalue weighted by atomic mass is 10.0. The monoisotopic (exact) mass is 451 g/mol. The van der Waals surface area contributed by atoms with Gasteiger partial charge in [-0.15, -0.1) is 11.8 Å². The van der Waals surface area contributed by atoms with Crippen molar-refractivity contribution in [3.63, 3.8) is 0 Å². The largest absolute Gasteiger partial charge is 0.339 e. The third kappa shape index (κ3) is 4.55. The second-order valence-electron chi connectivity index (χ2n) is 8.12. The average molecular weight is 452 g/mol. The Hall–Kier alpha value is -3.13. The van der Waals surface area contributed by atoms with Crippen LogP contribution in [0, 0.1) is 17.0 Å². The number of likely N-dealkylation sites (tertiary alicyclic amines) is 1. The number of amides is 2. The van der Waals surface area contributed by atoms with Gasteiger partial charge in [0.2, 0.25) is 5.91 Å². The van der Waals surface area contributed by atoms with E-state index in [1.54, 1.807) is 23.1 Å². The van der Waals surface area contributed by atoms with E-state index in [0.717, 1.165) is 36.3 Å². The van der Waals surface area contributed by atoms with E-state index in [1.165, 1.54) is 18.2 Å². The van der Waals surface area contributed by atoms with Crippen LogP contribution in [-0.2, 0) is 4.79 Å². The van der Waals surface area contributed by atoms with Gasteiger partial charge in [0.05, 0.1) is 9.79 Å². The zero-order valence-electron chi connectivity index (χ0n) is 17.9. The maximum absolute atomic E-state index is 13.2. The van der Waals surface area contributed by atoms with Gasteiger partial charge in [-0.05, 0) is 55.7 Å². The molecule has 2 aliphatic rings. The summed E-state index contributed by atoms with van der Waals surface area (Å²) < 4.78 is 0. The van der Waals surface area contributed by atoms with Gasteiger partial charge in [-0.1, -0.05) is 17.7 Å². The third-order valence-corrected chi connectivity index (χ3v) is 7.65. The Labute approximate surface area is 191 Å². The van der Waals surface area contributed by atoms with E-state index >= 15 is 0 Å². The molecule has 8 heteroatoms. The third-order valence-electron chi connectivity index (χ3n) is 6.10. The van der Waals surface area contributed by atoms with Gasteiger partial charge < -0.3 is 9.80 Å². The molecule has 166 valence electrons. The minimum absolute atomic E-state index is 0.0219. The van der Waals surface area contributed by atoms with Crippen molar-refractivity contribution in [1.82, 2.24) is 9.80 Å². The first kappa shape index (κ1) is 22.1. The smallest absolute Gasteiger partial charge is 0.269 e. The Morgan fingerprint density at radius 3 is 2.31 bits per heavy atom. The highest BCUT2D eigenvalue weighted by molar-refractivity contribution is 8.00. The number of piperidine rings is 1. The Morgan fingerprint density at radius 1 is 1.03 bits per heavy atom. The quantitative estimate of drug-likeness (QED) is 0.397. The molecular formula is C24H25N3O4S. The van der Waals surface area contributed by atoms with Crippen molar-refractivity contribution >= 4 is 35.3 Å². The highest BCUT2D eigenvalue weighted by Crippen LogP contribution is 2.44. The molecule has 0 atom stereocenters. The molecule has 2 aromatic carbocycles. The molecule has 7 nitrogen and oxygen atoms in total. The fourth-order valence-electron chi connectivity index (χ4n) is 4.22. The number of hydrogen-bond acceptors (Lipinski definition) is 5. The Balaban J connectivity index is 1.38.